The second kappa shape index (κ2) is 8.14. The number of benzene rings is 2. The maximum atomic E-state index is 12.2. The highest BCUT2D eigenvalue weighted by atomic mass is 35.5. The van der Waals surface area contributed by atoms with Crippen LogP contribution in [0.3, 0.4) is 0 Å². The van der Waals surface area contributed by atoms with E-state index in [1.165, 1.54) is 25.3 Å². The molecule has 1 amide bonds. The Morgan fingerprint density at radius 3 is 2.50 bits per heavy atom. The first-order valence-corrected chi connectivity index (χ1v) is 8.92. The number of hydrogen-bond donors (Lipinski definition) is 2. The fraction of sp³-hybridized carbons (Fsp3) is 0.188. The van der Waals surface area contributed by atoms with Crippen molar-refractivity contribution in [2.75, 3.05) is 13.7 Å². The van der Waals surface area contributed by atoms with Crippen molar-refractivity contribution in [2.45, 2.75) is 11.4 Å². The smallest absolute Gasteiger partial charge is 0.241 e. The lowest BCUT2D eigenvalue weighted by Gasteiger charge is -2.09. The van der Waals surface area contributed by atoms with Crippen molar-refractivity contribution in [3.63, 3.8) is 0 Å². The average molecular weight is 369 g/mol. The Morgan fingerprint density at radius 2 is 1.88 bits per heavy atom. The molecule has 0 heterocycles. The summed E-state index contributed by atoms with van der Waals surface area (Å²) in [4.78, 5) is 11.7. The third kappa shape index (κ3) is 4.95. The minimum Gasteiger partial charge on any atom is -0.495 e. The summed E-state index contributed by atoms with van der Waals surface area (Å²) in [7, 11) is -2.40. The van der Waals surface area contributed by atoms with Gasteiger partial charge in [0.05, 0.1) is 23.6 Å². The van der Waals surface area contributed by atoms with Gasteiger partial charge in [0, 0.05) is 6.54 Å². The molecule has 24 heavy (non-hydrogen) atoms. The summed E-state index contributed by atoms with van der Waals surface area (Å²) >= 11 is 5.92. The zero-order chi connectivity index (χ0) is 17.6. The minimum absolute atomic E-state index is 0.0378. The van der Waals surface area contributed by atoms with Crippen LogP contribution < -0.4 is 14.8 Å². The summed E-state index contributed by atoms with van der Waals surface area (Å²) in [6, 6.07) is 13.4. The van der Waals surface area contributed by atoms with E-state index in [-0.39, 0.29) is 16.5 Å². The molecule has 0 bridgehead atoms. The average Bonchev–Trinajstić information content (AvgIpc) is 2.59. The van der Waals surface area contributed by atoms with Crippen molar-refractivity contribution in [3.05, 3.63) is 59.1 Å². The van der Waals surface area contributed by atoms with E-state index in [0.29, 0.717) is 12.3 Å². The van der Waals surface area contributed by atoms with E-state index in [1.54, 1.807) is 0 Å². The molecule has 2 rings (SSSR count). The lowest BCUT2D eigenvalue weighted by Crippen LogP contribution is -2.36. The van der Waals surface area contributed by atoms with Crippen LogP contribution in [-0.2, 0) is 21.4 Å². The summed E-state index contributed by atoms with van der Waals surface area (Å²) in [5.74, 6) is -0.0572. The Bertz CT molecular complexity index is 810. The van der Waals surface area contributed by atoms with E-state index in [1.807, 2.05) is 30.3 Å². The highest BCUT2D eigenvalue weighted by Crippen LogP contribution is 2.26. The van der Waals surface area contributed by atoms with Crippen LogP contribution in [0, 0.1) is 0 Å². The zero-order valence-corrected chi connectivity index (χ0v) is 14.5. The third-order valence-corrected chi connectivity index (χ3v) is 4.88. The summed E-state index contributed by atoms with van der Waals surface area (Å²) in [6.45, 7) is -0.0332. The molecule has 0 spiro atoms. The van der Waals surface area contributed by atoms with Crippen LogP contribution in [-0.4, -0.2) is 28.0 Å². The lowest BCUT2D eigenvalue weighted by atomic mass is 10.2. The summed E-state index contributed by atoms with van der Waals surface area (Å²) in [5, 5.41) is 2.82. The zero-order valence-electron chi connectivity index (χ0n) is 13.0. The van der Waals surface area contributed by atoms with Gasteiger partial charge in [0.2, 0.25) is 15.9 Å². The van der Waals surface area contributed by atoms with Gasteiger partial charge in [-0.1, -0.05) is 41.9 Å². The van der Waals surface area contributed by atoms with Crippen molar-refractivity contribution in [1.82, 2.24) is 10.0 Å². The molecule has 0 aliphatic heterocycles. The van der Waals surface area contributed by atoms with Gasteiger partial charge in [-0.3, -0.25) is 4.79 Å². The molecule has 0 radical (unpaired) electrons. The molecule has 2 N–H and O–H groups in total. The number of methoxy groups -OCH3 is 1. The number of nitrogens with one attached hydrogen (secondary N) is 2. The van der Waals surface area contributed by atoms with Crippen LogP contribution in [0.15, 0.2) is 53.4 Å². The Hall–Kier alpha value is -2.09. The van der Waals surface area contributed by atoms with Gasteiger partial charge in [0.1, 0.15) is 5.75 Å². The summed E-state index contributed by atoms with van der Waals surface area (Å²) in [5.41, 5.74) is 0.927. The first kappa shape index (κ1) is 18.3. The van der Waals surface area contributed by atoms with Crippen LogP contribution in [0.25, 0.3) is 0 Å². The molecule has 2 aromatic carbocycles. The number of halogens is 1. The van der Waals surface area contributed by atoms with E-state index < -0.39 is 15.9 Å². The molecule has 0 atom stereocenters. The molecule has 0 aromatic heterocycles. The molecule has 6 nitrogen and oxygen atoms in total. The number of ether oxygens (including phenoxy) is 1. The molecular formula is C16H17ClN2O4S. The van der Waals surface area contributed by atoms with Crippen LogP contribution in [0.2, 0.25) is 5.02 Å². The highest BCUT2D eigenvalue weighted by molar-refractivity contribution is 7.89. The minimum atomic E-state index is -3.84. The fourth-order valence-electron chi connectivity index (χ4n) is 1.92. The van der Waals surface area contributed by atoms with Crippen molar-refractivity contribution in [1.29, 1.82) is 0 Å². The monoisotopic (exact) mass is 368 g/mol. The third-order valence-electron chi connectivity index (χ3n) is 3.19. The van der Waals surface area contributed by atoms with E-state index in [9.17, 15) is 13.2 Å². The highest BCUT2D eigenvalue weighted by Gasteiger charge is 2.17. The van der Waals surface area contributed by atoms with Gasteiger partial charge in [-0.05, 0) is 23.8 Å². The second-order valence-corrected chi connectivity index (χ2v) is 7.06. The maximum absolute atomic E-state index is 12.2. The van der Waals surface area contributed by atoms with Gasteiger partial charge in [0.15, 0.2) is 0 Å². The van der Waals surface area contributed by atoms with Gasteiger partial charge < -0.3 is 10.1 Å². The number of carbonyl (C=O) groups excluding carboxylic acids is 1. The summed E-state index contributed by atoms with van der Waals surface area (Å²) in [6.07, 6.45) is 0. The van der Waals surface area contributed by atoms with Gasteiger partial charge in [-0.15, -0.1) is 0 Å². The number of amides is 1. The lowest BCUT2D eigenvalue weighted by molar-refractivity contribution is -0.120. The number of sulfonamides is 1. The van der Waals surface area contributed by atoms with Crippen LogP contribution in [0.4, 0.5) is 0 Å². The van der Waals surface area contributed by atoms with Gasteiger partial charge in [-0.2, -0.15) is 0 Å². The largest absolute Gasteiger partial charge is 0.495 e. The van der Waals surface area contributed by atoms with Crippen molar-refractivity contribution >= 4 is 27.5 Å². The number of hydrogen-bond acceptors (Lipinski definition) is 4. The first-order valence-electron chi connectivity index (χ1n) is 7.06. The molecule has 0 unspecified atom stereocenters. The Kier molecular flexibility index (Phi) is 6.19. The van der Waals surface area contributed by atoms with Crippen LogP contribution in [0.5, 0.6) is 5.75 Å². The molecule has 0 saturated heterocycles. The summed E-state index contributed by atoms with van der Waals surface area (Å²) < 4.78 is 31.6. The molecule has 0 aliphatic rings. The van der Waals surface area contributed by atoms with Crippen LogP contribution >= 0.6 is 11.6 Å². The first-order chi connectivity index (χ1) is 11.4. The van der Waals surface area contributed by atoms with Crippen molar-refractivity contribution in [2.24, 2.45) is 0 Å². The van der Waals surface area contributed by atoms with E-state index in [2.05, 4.69) is 10.0 Å². The van der Waals surface area contributed by atoms with Gasteiger partial charge in [0.25, 0.3) is 0 Å². The predicted octanol–water partition coefficient (Wildman–Crippen LogP) is 1.94. The molecular weight excluding hydrogens is 352 g/mol. The van der Waals surface area contributed by atoms with E-state index in [4.69, 9.17) is 16.3 Å². The predicted molar refractivity (Wildman–Crippen MR) is 91.5 cm³/mol. The Balaban J connectivity index is 1.92. The van der Waals surface area contributed by atoms with Crippen molar-refractivity contribution in [3.8, 4) is 5.75 Å². The molecule has 0 aliphatic carbocycles. The fourth-order valence-corrected chi connectivity index (χ4v) is 3.25. The van der Waals surface area contributed by atoms with Gasteiger partial charge in [-0.25, -0.2) is 13.1 Å². The standard InChI is InChI=1S/C16H17ClN2O4S/c1-23-15-8-7-13(9-14(15)17)24(21,22)19-11-16(20)18-10-12-5-3-2-4-6-12/h2-9,19H,10-11H2,1H3,(H,18,20). The molecule has 2 aromatic rings. The van der Waals surface area contributed by atoms with E-state index in [0.717, 1.165) is 5.56 Å². The van der Waals surface area contributed by atoms with E-state index >= 15 is 0 Å². The quantitative estimate of drug-likeness (QED) is 0.782. The molecule has 0 saturated carbocycles. The van der Waals surface area contributed by atoms with Crippen LogP contribution in [0.1, 0.15) is 5.56 Å². The Morgan fingerprint density at radius 1 is 1.17 bits per heavy atom. The Labute approximate surface area is 145 Å². The molecule has 8 heteroatoms. The molecule has 128 valence electrons. The topological polar surface area (TPSA) is 84.5 Å². The SMILES string of the molecule is COc1ccc(S(=O)(=O)NCC(=O)NCc2ccccc2)cc1Cl. The maximum Gasteiger partial charge on any atom is 0.241 e. The normalized spacial score (nSPS) is 11.1. The number of rotatable bonds is 7. The number of carbonyl (C=O) groups is 1. The van der Waals surface area contributed by atoms with Gasteiger partial charge >= 0.3 is 0 Å². The second-order valence-electron chi connectivity index (χ2n) is 4.88. The molecule has 0 fully saturated rings. The van der Waals surface area contributed by atoms with Crippen molar-refractivity contribution < 1.29 is 17.9 Å².